The number of aliphatic hydroxyl groups excluding tert-OH is 1. The van der Waals surface area contributed by atoms with Crippen molar-refractivity contribution in [3.63, 3.8) is 0 Å². The third kappa shape index (κ3) is 4.18. The van der Waals surface area contributed by atoms with Gasteiger partial charge >= 0.3 is 0 Å². The molecule has 0 atom stereocenters. The van der Waals surface area contributed by atoms with Crippen LogP contribution in [0.1, 0.15) is 30.3 Å². The highest BCUT2D eigenvalue weighted by molar-refractivity contribution is 6.29. The molecule has 0 radical (unpaired) electrons. The van der Waals surface area contributed by atoms with Crippen LogP contribution in [0.3, 0.4) is 0 Å². The first-order chi connectivity index (χ1) is 9.71. The van der Waals surface area contributed by atoms with Gasteiger partial charge < -0.3 is 10.4 Å². The molecule has 1 aromatic heterocycles. The summed E-state index contributed by atoms with van der Waals surface area (Å²) in [6.07, 6.45) is 1.80. The summed E-state index contributed by atoms with van der Waals surface area (Å²) < 4.78 is 0. The van der Waals surface area contributed by atoms with E-state index in [9.17, 15) is 0 Å². The molecule has 5 heteroatoms. The molecule has 0 bridgehead atoms. The quantitative estimate of drug-likeness (QED) is 0.803. The molecule has 0 spiro atoms. The van der Waals surface area contributed by atoms with Gasteiger partial charge in [0.1, 0.15) is 16.8 Å². The van der Waals surface area contributed by atoms with Crippen LogP contribution >= 0.6 is 11.6 Å². The van der Waals surface area contributed by atoms with Gasteiger partial charge in [0.25, 0.3) is 0 Å². The minimum atomic E-state index is 0.0494. The lowest BCUT2D eigenvalue weighted by atomic mass is 10.1. The molecule has 1 aromatic carbocycles. The van der Waals surface area contributed by atoms with Gasteiger partial charge in [-0.05, 0) is 17.5 Å². The molecule has 0 amide bonds. The molecule has 2 rings (SSSR count). The van der Waals surface area contributed by atoms with Crippen LogP contribution in [0.15, 0.2) is 30.3 Å². The zero-order valence-corrected chi connectivity index (χ0v) is 12.2. The van der Waals surface area contributed by atoms with Gasteiger partial charge in [-0.2, -0.15) is 0 Å². The molecule has 106 valence electrons. The van der Waals surface area contributed by atoms with E-state index >= 15 is 0 Å². The highest BCUT2D eigenvalue weighted by atomic mass is 35.5. The maximum Gasteiger partial charge on any atom is 0.134 e. The third-order valence-corrected chi connectivity index (χ3v) is 3.06. The standard InChI is InChI=1S/C15H18ClN3O/c1-2-4-14-18-13(16)8-15(19-14)17-9-11-5-3-6-12(7-11)10-20/h3,5-8,20H,2,4,9-10H2,1H3,(H,17,18,19). The van der Waals surface area contributed by atoms with E-state index in [2.05, 4.69) is 22.2 Å². The van der Waals surface area contributed by atoms with Gasteiger partial charge in [-0.3, -0.25) is 0 Å². The number of rotatable bonds is 6. The molecule has 20 heavy (non-hydrogen) atoms. The molecule has 0 aliphatic heterocycles. The fraction of sp³-hybridized carbons (Fsp3) is 0.333. The highest BCUT2D eigenvalue weighted by Gasteiger charge is 2.03. The second kappa shape index (κ2) is 7.22. The first-order valence-corrected chi connectivity index (χ1v) is 7.05. The summed E-state index contributed by atoms with van der Waals surface area (Å²) in [5.41, 5.74) is 1.99. The Bertz CT molecular complexity index is 575. The van der Waals surface area contributed by atoms with Crippen molar-refractivity contribution in [3.05, 3.63) is 52.4 Å². The van der Waals surface area contributed by atoms with E-state index in [1.165, 1.54) is 0 Å². The molecule has 2 aromatic rings. The lowest BCUT2D eigenvalue weighted by molar-refractivity contribution is 0.281. The molecule has 2 N–H and O–H groups in total. The van der Waals surface area contributed by atoms with Gasteiger partial charge in [-0.15, -0.1) is 0 Å². The Kier molecular flexibility index (Phi) is 5.32. The van der Waals surface area contributed by atoms with Gasteiger partial charge in [0.05, 0.1) is 6.61 Å². The number of hydrogen-bond acceptors (Lipinski definition) is 4. The van der Waals surface area contributed by atoms with Crippen molar-refractivity contribution < 1.29 is 5.11 Å². The van der Waals surface area contributed by atoms with E-state index < -0.39 is 0 Å². The van der Waals surface area contributed by atoms with Crippen LogP contribution in [0.2, 0.25) is 5.15 Å². The van der Waals surface area contributed by atoms with Crippen molar-refractivity contribution in [1.82, 2.24) is 9.97 Å². The average molecular weight is 292 g/mol. The maximum absolute atomic E-state index is 9.12. The van der Waals surface area contributed by atoms with Crippen LogP contribution in [-0.2, 0) is 19.6 Å². The van der Waals surface area contributed by atoms with Crippen LogP contribution in [0.4, 0.5) is 5.82 Å². The van der Waals surface area contributed by atoms with E-state index in [0.717, 1.165) is 35.6 Å². The molecule has 0 aliphatic carbocycles. The Morgan fingerprint density at radius 1 is 1.20 bits per heavy atom. The van der Waals surface area contributed by atoms with E-state index in [-0.39, 0.29) is 6.61 Å². The van der Waals surface area contributed by atoms with Crippen LogP contribution in [0.5, 0.6) is 0 Å². The van der Waals surface area contributed by atoms with E-state index in [4.69, 9.17) is 16.7 Å². The molecule has 1 heterocycles. The normalized spacial score (nSPS) is 10.6. The first kappa shape index (κ1) is 14.8. The SMILES string of the molecule is CCCc1nc(Cl)cc(NCc2cccc(CO)c2)n1. The number of anilines is 1. The van der Waals surface area contributed by atoms with Crippen molar-refractivity contribution >= 4 is 17.4 Å². The number of aromatic nitrogens is 2. The van der Waals surface area contributed by atoms with Crippen molar-refractivity contribution in [1.29, 1.82) is 0 Å². The average Bonchev–Trinajstić information content (AvgIpc) is 2.45. The van der Waals surface area contributed by atoms with Crippen molar-refractivity contribution in [2.24, 2.45) is 0 Å². The number of nitrogens with one attached hydrogen (secondary N) is 1. The minimum absolute atomic E-state index is 0.0494. The molecule has 0 unspecified atom stereocenters. The molecular formula is C15H18ClN3O. The summed E-state index contributed by atoms with van der Waals surface area (Å²) in [6, 6.07) is 9.50. The summed E-state index contributed by atoms with van der Waals surface area (Å²) >= 11 is 5.99. The summed E-state index contributed by atoms with van der Waals surface area (Å²) in [4.78, 5) is 8.61. The number of aryl methyl sites for hydroxylation is 1. The van der Waals surface area contributed by atoms with E-state index in [1.807, 2.05) is 24.3 Å². The minimum Gasteiger partial charge on any atom is -0.392 e. The summed E-state index contributed by atoms with van der Waals surface area (Å²) in [5.74, 6) is 1.48. The first-order valence-electron chi connectivity index (χ1n) is 6.67. The predicted octanol–water partition coefficient (Wildman–Crippen LogP) is 3.19. The monoisotopic (exact) mass is 291 g/mol. The number of aliphatic hydroxyl groups is 1. The van der Waals surface area contributed by atoms with Gasteiger partial charge in [-0.1, -0.05) is 42.8 Å². The Morgan fingerprint density at radius 2 is 2.00 bits per heavy atom. The van der Waals surface area contributed by atoms with Crippen molar-refractivity contribution in [2.75, 3.05) is 5.32 Å². The Morgan fingerprint density at radius 3 is 2.75 bits per heavy atom. The topological polar surface area (TPSA) is 58.0 Å². The second-order valence-electron chi connectivity index (χ2n) is 4.57. The van der Waals surface area contributed by atoms with Crippen molar-refractivity contribution in [3.8, 4) is 0 Å². The van der Waals surface area contributed by atoms with Crippen LogP contribution < -0.4 is 5.32 Å². The summed E-state index contributed by atoms with van der Waals surface area (Å²) in [5, 5.41) is 12.8. The lowest BCUT2D eigenvalue weighted by Gasteiger charge is -2.08. The predicted molar refractivity (Wildman–Crippen MR) is 80.7 cm³/mol. The smallest absolute Gasteiger partial charge is 0.134 e. The molecule has 0 aliphatic rings. The fourth-order valence-corrected chi connectivity index (χ4v) is 2.12. The Balaban J connectivity index is 2.06. The van der Waals surface area contributed by atoms with Gasteiger partial charge in [0.2, 0.25) is 0 Å². The van der Waals surface area contributed by atoms with Gasteiger partial charge in [0.15, 0.2) is 0 Å². The molecule has 0 fully saturated rings. The van der Waals surface area contributed by atoms with E-state index in [1.54, 1.807) is 6.07 Å². The summed E-state index contributed by atoms with van der Waals surface area (Å²) in [7, 11) is 0. The number of benzene rings is 1. The second-order valence-corrected chi connectivity index (χ2v) is 4.96. The van der Waals surface area contributed by atoms with Gasteiger partial charge in [-0.25, -0.2) is 9.97 Å². The molecule has 4 nitrogen and oxygen atoms in total. The number of halogens is 1. The largest absolute Gasteiger partial charge is 0.392 e. The fourth-order valence-electron chi connectivity index (χ4n) is 1.92. The Labute approximate surface area is 123 Å². The third-order valence-electron chi connectivity index (χ3n) is 2.86. The van der Waals surface area contributed by atoms with Crippen LogP contribution in [-0.4, -0.2) is 15.1 Å². The van der Waals surface area contributed by atoms with Crippen molar-refractivity contribution in [2.45, 2.75) is 32.9 Å². The lowest BCUT2D eigenvalue weighted by Crippen LogP contribution is -2.05. The number of hydrogen-bond donors (Lipinski definition) is 2. The summed E-state index contributed by atoms with van der Waals surface area (Å²) in [6.45, 7) is 2.76. The maximum atomic E-state index is 9.12. The zero-order chi connectivity index (χ0) is 14.4. The Hall–Kier alpha value is -1.65. The number of nitrogens with zero attached hydrogens (tertiary/aromatic N) is 2. The van der Waals surface area contributed by atoms with E-state index in [0.29, 0.717) is 11.7 Å². The van der Waals surface area contributed by atoms with Crippen LogP contribution in [0, 0.1) is 0 Å². The van der Waals surface area contributed by atoms with Gasteiger partial charge in [0, 0.05) is 19.0 Å². The highest BCUT2D eigenvalue weighted by Crippen LogP contribution is 2.14. The molecule has 0 saturated carbocycles. The molecule has 0 saturated heterocycles. The zero-order valence-electron chi connectivity index (χ0n) is 11.4. The van der Waals surface area contributed by atoms with Crippen LogP contribution in [0.25, 0.3) is 0 Å². The molecular weight excluding hydrogens is 274 g/mol.